The normalized spacial score (nSPS) is 11.1. The van der Waals surface area contributed by atoms with E-state index in [1.54, 1.807) is 0 Å². The van der Waals surface area contributed by atoms with Crippen molar-refractivity contribution in [1.29, 1.82) is 0 Å². The number of amides is 1. The molecule has 0 unspecified atom stereocenters. The monoisotopic (exact) mass is 409 g/mol. The van der Waals surface area contributed by atoms with Gasteiger partial charge in [-0.2, -0.15) is 0 Å². The first-order valence-electron chi connectivity index (χ1n) is 10.1. The lowest BCUT2D eigenvalue weighted by molar-refractivity contribution is -0.120. The number of phenolic OH excluding ortho intramolecular Hbond substituents is 2. The van der Waals surface area contributed by atoms with E-state index in [0.717, 1.165) is 16.7 Å². The zero-order valence-electron chi connectivity index (χ0n) is 16.9. The van der Waals surface area contributed by atoms with Gasteiger partial charge in [0.25, 0.3) is 0 Å². The molecule has 31 heavy (non-hydrogen) atoms. The number of anilines is 1. The molecule has 3 N–H and O–H groups in total. The summed E-state index contributed by atoms with van der Waals surface area (Å²) in [7, 11) is 0. The Labute approximate surface area is 181 Å². The molecule has 0 aromatic heterocycles. The summed E-state index contributed by atoms with van der Waals surface area (Å²) in [4.78, 5) is 14.0. The zero-order valence-corrected chi connectivity index (χ0v) is 16.9. The van der Waals surface area contributed by atoms with E-state index in [1.807, 2.05) is 91.0 Å². The minimum atomic E-state index is -1.03. The average Bonchev–Trinajstić information content (AvgIpc) is 2.81. The fraction of sp³-hybridized carbons (Fsp3) is 0.0741. The SMILES string of the molecule is O=C(Nc1ccc(O)cc1O)C(Cc1ccccc1)(c1ccccc1)c1ccccc1. The standard InChI is InChI=1S/C27H23NO3/c29-23-16-17-24(25(30)18-23)28-26(31)27(21-12-6-2-7-13-21,22-14-8-3-9-15-22)19-20-10-4-1-5-11-20/h1-18,29-30H,19H2,(H,28,31). The molecule has 0 aliphatic rings. The van der Waals surface area contributed by atoms with Gasteiger partial charge in [0.15, 0.2) is 0 Å². The van der Waals surface area contributed by atoms with E-state index in [0.29, 0.717) is 6.42 Å². The summed E-state index contributed by atoms with van der Waals surface area (Å²) in [5.74, 6) is -0.532. The molecule has 0 radical (unpaired) electrons. The van der Waals surface area contributed by atoms with Crippen LogP contribution < -0.4 is 5.32 Å². The number of aromatic hydroxyl groups is 2. The molecule has 154 valence electrons. The molecule has 0 aliphatic carbocycles. The van der Waals surface area contributed by atoms with Gasteiger partial charge in [0.2, 0.25) is 5.91 Å². The number of benzene rings is 4. The van der Waals surface area contributed by atoms with Gasteiger partial charge in [-0.05, 0) is 35.2 Å². The molecule has 0 saturated carbocycles. The quantitative estimate of drug-likeness (QED) is 0.300. The number of hydrogen-bond donors (Lipinski definition) is 3. The maximum absolute atomic E-state index is 14.0. The van der Waals surface area contributed by atoms with Crippen molar-refractivity contribution in [2.24, 2.45) is 0 Å². The lowest BCUT2D eigenvalue weighted by atomic mass is 9.69. The van der Waals surface area contributed by atoms with E-state index < -0.39 is 5.41 Å². The van der Waals surface area contributed by atoms with E-state index in [1.165, 1.54) is 18.2 Å². The van der Waals surface area contributed by atoms with Gasteiger partial charge < -0.3 is 15.5 Å². The second-order valence-corrected chi connectivity index (χ2v) is 7.46. The number of phenols is 2. The van der Waals surface area contributed by atoms with Crippen molar-refractivity contribution in [1.82, 2.24) is 0 Å². The number of nitrogens with one attached hydrogen (secondary N) is 1. The predicted molar refractivity (Wildman–Crippen MR) is 122 cm³/mol. The van der Waals surface area contributed by atoms with Crippen molar-refractivity contribution in [3.05, 3.63) is 126 Å². The van der Waals surface area contributed by atoms with Gasteiger partial charge in [0, 0.05) is 6.07 Å². The number of carbonyl (C=O) groups is 1. The van der Waals surface area contributed by atoms with Crippen LogP contribution in [0.1, 0.15) is 16.7 Å². The average molecular weight is 409 g/mol. The Morgan fingerprint density at radius 2 is 1.23 bits per heavy atom. The summed E-state index contributed by atoms with van der Waals surface area (Å²) in [6.07, 6.45) is 0.437. The Kier molecular flexibility index (Phi) is 5.72. The van der Waals surface area contributed by atoms with Crippen LogP contribution in [0, 0.1) is 0 Å². The van der Waals surface area contributed by atoms with E-state index in [4.69, 9.17) is 0 Å². The number of rotatable bonds is 6. The van der Waals surface area contributed by atoms with Gasteiger partial charge in [-0.25, -0.2) is 0 Å². The molecule has 0 saturated heterocycles. The van der Waals surface area contributed by atoms with Gasteiger partial charge in [0.05, 0.1) is 5.69 Å². The third kappa shape index (κ3) is 4.14. The smallest absolute Gasteiger partial charge is 0.239 e. The van der Waals surface area contributed by atoms with Crippen molar-refractivity contribution >= 4 is 11.6 Å². The maximum Gasteiger partial charge on any atom is 0.239 e. The highest BCUT2D eigenvalue weighted by molar-refractivity contribution is 6.03. The lowest BCUT2D eigenvalue weighted by Crippen LogP contribution is -2.43. The Morgan fingerprint density at radius 3 is 1.74 bits per heavy atom. The van der Waals surface area contributed by atoms with Crippen LogP contribution >= 0.6 is 0 Å². The van der Waals surface area contributed by atoms with Crippen LogP contribution in [0.25, 0.3) is 0 Å². The van der Waals surface area contributed by atoms with Gasteiger partial charge in [0.1, 0.15) is 16.9 Å². The zero-order chi connectivity index (χ0) is 21.7. The van der Waals surface area contributed by atoms with E-state index in [2.05, 4.69) is 5.32 Å². The maximum atomic E-state index is 14.0. The van der Waals surface area contributed by atoms with Crippen molar-refractivity contribution in [3.8, 4) is 11.5 Å². The third-order valence-electron chi connectivity index (χ3n) is 5.46. The van der Waals surface area contributed by atoms with Crippen LogP contribution in [0.3, 0.4) is 0 Å². The summed E-state index contributed by atoms with van der Waals surface area (Å²) >= 11 is 0. The van der Waals surface area contributed by atoms with Gasteiger partial charge in [-0.1, -0.05) is 91.0 Å². The molecule has 0 fully saturated rings. The molecular formula is C27H23NO3. The summed E-state index contributed by atoms with van der Waals surface area (Å²) < 4.78 is 0. The van der Waals surface area contributed by atoms with E-state index in [9.17, 15) is 15.0 Å². The highest BCUT2D eigenvalue weighted by atomic mass is 16.3. The molecule has 0 aliphatic heterocycles. The largest absolute Gasteiger partial charge is 0.508 e. The highest BCUT2D eigenvalue weighted by Gasteiger charge is 2.42. The minimum absolute atomic E-state index is 0.0721. The fourth-order valence-corrected chi connectivity index (χ4v) is 3.92. The van der Waals surface area contributed by atoms with Gasteiger partial charge >= 0.3 is 0 Å². The predicted octanol–water partition coefficient (Wildman–Crippen LogP) is 5.27. The van der Waals surface area contributed by atoms with Crippen LogP contribution in [-0.2, 0) is 16.6 Å². The van der Waals surface area contributed by atoms with Crippen molar-refractivity contribution in [3.63, 3.8) is 0 Å². The molecule has 1 amide bonds. The summed E-state index contributed by atoms with van der Waals surface area (Å²) in [5.41, 5.74) is 1.92. The van der Waals surface area contributed by atoms with Gasteiger partial charge in [-0.3, -0.25) is 4.79 Å². The van der Waals surface area contributed by atoms with Crippen LogP contribution in [0.15, 0.2) is 109 Å². The topological polar surface area (TPSA) is 69.6 Å². The molecule has 4 aromatic carbocycles. The fourth-order valence-electron chi connectivity index (χ4n) is 3.92. The summed E-state index contributed by atoms with van der Waals surface area (Å²) in [5, 5.41) is 22.8. The summed E-state index contributed by atoms with van der Waals surface area (Å²) in [6.45, 7) is 0. The first-order valence-corrected chi connectivity index (χ1v) is 10.1. The lowest BCUT2D eigenvalue weighted by Gasteiger charge is -2.34. The van der Waals surface area contributed by atoms with Crippen LogP contribution in [0.2, 0.25) is 0 Å². The first kappa shape index (κ1) is 20.2. The van der Waals surface area contributed by atoms with E-state index in [-0.39, 0.29) is 23.1 Å². The molecule has 0 atom stereocenters. The van der Waals surface area contributed by atoms with Crippen LogP contribution in [-0.4, -0.2) is 16.1 Å². The summed E-state index contributed by atoms with van der Waals surface area (Å²) in [6, 6.07) is 33.3. The second kappa shape index (κ2) is 8.76. The Hall–Kier alpha value is -4.05. The van der Waals surface area contributed by atoms with Crippen molar-refractivity contribution in [2.45, 2.75) is 11.8 Å². The third-order valence-corrected chi connectivity index (χ3v) is 5.46. The second-order valence-electron chi connectivity index (χ2n) is 7.46. The molecule has 4 rings (SSSR count). The minimum Gasteiger partial charge on any atom is -0.508 e. The van der Waals surface area contributed by atoms with Crippen molar-refractivity contribution < 1.29 is 15.0 Å². The Bertz CT molecular complexity index is 1120. The molecule has 0 bridgehead atoms. The molecule has 4 aromatic rings. The molecule has 0 spiro atoms. The molecule has 0 heterocycles. The number of hydrogen-bond acceptors (Lipinski definition) is 3. The van der Waals surface area contributed by atoms with Gasteiger partial charge in [-0.15, -0.1) is 0 Å². The Balaban J connectivity index is 1.89. The number of carbonyl (C=O) groups excluding carboxylic acids is 1. The van der Waals surface area contributed by atoms with Crippen molar-refractivity contribution in [2.75, 3.05) is 5.32 Å². The molecule has 4 heteroatoms. The molecular weight excluding hydrogens is 386 g/mol. The molecule has 4 nitrogen and oxygen atoms in total. The first-order chi connectivity index (χ1) is 15.1. The van der Waals surface area contributed by atoms with Crippen LogP contribution in [0.5, 0.6) is 11.5 Å². The Morgan fingerprint density at radius 1 is 0.710 bits per heavy atom. The van der Waals surface area contributed by atoms with Crippen LogP contribution in [0.4, 0.5) is 5.69 Å². The highest BCUT2D eigenvalue weighted by Crippen LogP contribution is 2.38. The van der Waals surface area contributed by atoms with E-state index >= 15 is 0 Å².